The van der Waals surface area contributed by atoms with Gasteiger partial charge < -0.3 is 9.47 Å². The fourth-order valence-electron chi connectivity index (χ4n) is 1.03. The Morgan fingerprint density at radius 1 is 1.50 bits per heavy atom. The van der Waals surface area contributed by atoms with Crippen LogP contribution in [0.4, 0.5) is 0 Å². The second-order valence-corrected chi connectivity index (χ2v) is 3.24. The standard InChI is InChI=1S/C10H22N2O2/c1-4-9(2)7-10(12-11)8-14-6-5-13-3/h10,12H,2,4-8,11H2,1,3H3. The second-order valence-electron chi connectivity index (χ2n) is 3.24. The molecular formula is C10H22N2O2. The van der Waals surface area contributed by atoms with Crippen molar-refractivity contribution in [1.82, 2.24) is 5.43 Å². The van der Waals surface area contributed by atoms with E-state index in [9.17, 15) is 0 Å². The fraction of sp³-hybridized carbons (Fsp3) is 0.800. The lowest BCUT2D eigenvalue weighted by molar-refractivity contribution is 0.0587. The molecule has 0 saturated heterocycles. The SMILES string of the molecule is C=C(CC)CC(COCCOC)NN. The van der Waals surface area contributed by atoms with Crippen molar-refractivity contribution in [3.05, 3.63) is 12.2 Å². The zero-order chi connectivity index (χ0) is 10.8. The number of nitrogens with one attached hydrogen (secondary N) is 1. The molecule has 1 unspecified atom stereocenters. The zero-order valence-corrected chi connectivity index (χ0v) is 9.21. The van der Waals surface area contributed by atoms with Crippen molar-refractivity contribution in [2.45, 2.75) is 25.8 Å². The maximum atomic E-state index is 5.39. The summed E-state index contributed by atoms with van der Waals surface area (Å²) in [5, 5.41) is 0. The van der Waals surface area contributed by atoms with E-state index in [-0.39, 0.29) is 6.04 Å². The molecule has 0 aliphatic heterocycles. The van der Waals surface area contributed by atoms with E-state index in [1.165, 1.54) is 5.57 Å². The van der Waals surface area contributed by atoms with Gasteiger partial charge in [0.05, 0.1) is 19.8 Å². The summed E-state index contributed by atoms with van der Waals surface area (Å²) in [5.74, 6) is 5.39. The van der Waals surface area contributed by atoms with Gasteiger partial charge in [0, 0.05) is 13.2 Å². The van der Waals surface area contributed by atoms with Gasteiger partial charge in [0.15, 0.2) is 0 Å². The molecule has 0 bridgehead atoms. The molecule has 3 N–H and O–H groups in total. The van der Waals surface area contributed by atoms with Gasteiger partial charge in [-0.1, -0.05) is 19.1 Å². The first-order valence-electron chi connectivity index (χ1n) is 4.94. The Kier molecular flexibility index (Phi) is 8.87. The summed E-state index contributed by atoms with van der Waals surface area (Å²) in [6.45, 7) is 7.83. The number of hydrogen-bond acceptors (Lipinski definition) is 4. The number of rotatable bonds is 9. The van der Waals surface area contributed by atoms with E-state index < -0.39 is 0 Å². The Morgan fingerprint density at radius 2 is 2.21 bits per heavy atom. The van der Waals surface area contributed by atoms with E-state index in [0.29, 0.717) is 19.8 Å². The normalized spacial score (nSPS) is 12.8. The highest BCUT2D eigenvalue weighted by Gasteiger charge is 2.07. The molecular weight excluding hydrogens is 180 g/mol. The predicted octanol–water partition coefficient (Wildman–Crippen LogP) is 0.838. The molecule has 0 amide bonds. The largest absolute Gasteiger partial charge is 0.382 e. The highest BCUT2D eigenvalue weighted by atomic mass is 16.5. The van der Waals surface area contributed by atoms with Crippen LogP contribution in [-0.4, -0.2) is 33.0 Å². The maximum Gasteiger partial charge on any atom is 0.0701 e. The molecule has 0 fully saturated rings. The third-order valence-electron chi connectivity index (χ3n) is 2.02. The van der Waals surface area contributed by atoms with Crippen LogP contribution in [-0.2, 0) is 9.47 Å². The van der Waals surface area contributed by atoms with Gasteiger partial charge in [-0.15, -0.1) is 0 Å². The number of nitrogens with two attached hydrogens (primary N) is 1. The molecule has 14 heavy (non-hydrogen) atoms. The van der Waals surface area contributed by atoms with Crippen LogP contribution in [0.15, 0.2) is 12.2 Å². The van der Waals surface area contributed by atoms with Gasteiger partial charge in [0.2, 0.25) is 0 Å². The van der Waals surface area contributed by atoms with Gasteiger partial charge in [-0.25, -0.2) is 0 Å². The van der Waals surface area contributed by atoms with Crippen LogP contribution in [0.5, 0.6) is 0 Å². The summed E-state index contributed by atoms with van der Waals surface area (Å²) in [6, 6.07) is 0.152. The Hall–Kier alpha value is -0.420. The molecule has 1 atom stereocenters. The maximum absolute atomic E-state index is 5.39. The predicted molar refractivity (Wildman–Crippen MR) is 57.9 cm³/mol. The van der Waals surface area contributed by atoms with E-state index in [1.54, 1.807) is 7.11 Å². The van der Waals surface area contributed by atoms with E-state index in [0.717, 1.165) is 12.8 Å². The van der Waals surface area contributed by atoms with Crippen molar-refractivity contribution in [2.75, 3.05) is 26.9 Å². The van der Waals surface area contributed by atoms with Crippen LogP contribution in [0, 0.1) is 0 Å². The van der Waals surface area contributed by atoms with Crippen molar-refractivity contribution >= 4 is 0 Å². The quantitative estimate of drug-likeness (QED) is 0.252. The van der Waals surface area contributed by atoms with Gasteiger partial charge >= 0.3 is 0 Å². The molecule has 0 saturated carbocycles. The average molecular weight is 202 g/mol. The number of hydrazine groups is 1. The molecule has 0 spiro atoms. The number of methoxy groups -OCH3 is 1. The van der Waals surface area contributed by atoms with Crippen LogP contribution in [0.1, 0.15) is 19.8 Å². The fourth-order valence-corrected chi connectivity index (χ4v) is 1.03. The summed E-state index contributed by atoms with van der Waals surface area (Å²) >= 11 is 0. The number of ether oxygens (including phenoxy) is 2. The Labute approximate surface area is 86.4 Å². The van der Waals surface area contributed by atoms with E-state index in [1.807, 2.05) is 0 Å². The summed E-state index contributed by atoms with van der Waals surface area (Å²) in [4.78, 5) is 0. The lowest BCUT2D eigenvalue weighted by atomic mass is 10.1. The minimum atomic E-state index is 0.152. The molecule has 4 heteroatoms. The Morgan fingerprint density at radius 3 is 2.71 bits per heavy atom. The molecule has 0 rings (SSSR count). The molecule has 0 aliphatic carbocycles. The van der Waals surface area contributed by atoms with Gasteiger partial charge in [0.25, 0.3) is 0 Å². The van der Waals surface area contributed by atoms with Crippen molar-refractivity contribution in [3.8, 4) is 0 Å². The lowest BCUT2D eigenvalue weighted by Gasteiger charge is -2.16. The van der Waals surface area contributed by atoms with E-state index in [4.69, 9.17) is 15.3 Å². The summed E-state index contributed by atoms with van der Waals surface area (Å²) in [7, 11) is 1.65. The smallest absolute Gasteiger partial charge is 0.0701 e. The van der Waals surface area contributed by atoms with E-state index >= 15 is 0 Å². The molecule has 0 heterocycles. The van der Waals surface area contributed by atoms with Crippen LogP contribution >= 0.6 is 0 Å². The first-order valence-corrected chi connectivity index (χ1v) is 4.94. The van der Waals surface area contributed by atoms with Crippen molar-refractivity contribution < 1.29 is 9.47 Å². The molecule has 84 valence electrons. The minimum absolute atomic E-state index is 0.152. The first kappa shape index (κ1) is 13.6. The summed E-state index contributed by atoms with van der Waals surface area (Å²) in [5.41, 5.74) is 3.90. The zero-order valence-electron chi connectivity index (χ0n) is 9.21. The third kappa shape index (κ3) is 7.03. The summed E-state index contributed by atoms with van der Waals surface area (Å²) in [6.07, 6.45) is 1.84. The van der Waals surface area contributed by atoms with Gasteiger partial charge in [-0.05, 0) is 12.8 Å². The molecule has 0 aliphatic rings. The molecule has 0 aromatic rings. The third-order valence-corrected chi connectivity index (χ3v) is 2.02. The van der Waals surface area contributed by atoms with Crippen molar-refractivity contribution in [2.24, 2.45) is 5.84 Å². The highest BCUT2D eigenvalue weighted by Crippen LogP contribution is 2.06. The monoisotopic (exact) mass is 202 g/mol. The molecule has 0 aromatic heterocycles. The Balaban J connectivity index is 3.52. The highest BCUT2D eigenvalue weighted by molar-refractivity contribution is 4.96. The van der Waals surface area contributed by atoms with E-state index in [2.05, 4.69) is 18.9 Å². The van der Waals surface area contributed by atoms with Crippen molar-refractivity contribution in [3.63, 3.8) is 0 Å². The average Bonchev–Trinajstić information content (AvgIpc) is 2.22. The van der Waals surface area contributed by atoms with Crippen LogP contribution in [0.3, 0.4) is 0 Å². The molecule has 4 nitrogen and oxygen atoms in total. The molecule has 0 radical (unpaired) electrons. The Bertz CT molecular complexity index is 151. The first-order chi connectivity index (χ1) is 6.74. The topological polar surface area (TPSA) is 56.5 Å². The molecule has 0 aromatic carbocycles. The second kappa shape index (κ2) is 9.15. The van der Waals surface area contributed by atoms with Crippen LogP contribution in [0.25, 0.3) is 0 Å². The minimum Gasteiger partial charge on any atom is -0.382 e. The van der Waals surface area contributed by atoms with Gasteiger partial charge in [0.1, 0.15) is 0 Å². The number of hydrogen-bond donors (Lipinski definition) is 2. The summed E-state index contributed by atoms with van der Waals surface area (Å²) < 4.78 is 10.2. The van der Waals surface area contributed by atoms with Crippen LogP contribution < -0.4 is 11.3 Å². The van der Waals surface area contributed by atoms with Crippen molar-refractivity contribution in [1.29, 1.82) is 0 Å². The van der Waals surface area contributed by atoms with Gasteiger partial charge in [-0.2, -0.15) is 0 Å². The lowest BCUT2D eigenvalue weighted by Crippen LogP contribution is -2.39. The van der Waals surface area contributed by atoms with Crippen LogP contribution in [0.2, 0.25) is 0 Å². The van der Waals surface area contributed by atoms with Gasteiger partial charge in [-0.3, -0.25) is 11.3 Å².